The normalized spacial score (nSPS) is 31.1. The highest BCUT2D eigenvalue weighted by molar-refractivity contribution is 4.98. The number of hydrogen-bond acceptors (Lipinski definition) is 3. The molecule has 20 heavy (non-hydrogen) atoms. The Balaban J connectivity index is 2.01. The van der Waals surface area contributed by atoms with Gasteiger partial charge in [0, 0.05) is 37.8 Å². The van der Waals surface area contributed by atoms with Crippen molar-refractivity contribution in [2.75, 3.05) is 32.8 Å². The molecule has 0 aromatic rings. The Morgan fingerprint density at radius 3 is 2.60 bits per heavy atom. The van der Waals surface area contributed by atoms with E-state index in [1.54, 1.807) is 0 Å². The van der Waals surface area contributed by atoms with Crippen LogP contribution in [0.25, 0.3) is 0 Å². The molecular formula is C17H34N2O. The average molecular weight is 282 g/mol. The van der Waals surface area contributed by atoms with Crippen LogP contribution in [0.2, 0.25) is 0 Å². The zero-order valence-electron chi connectivity index (χ0n) is 14.0. The summed E-state index contributed by atoms with van der Waals surface area (Å²) >= 11 is 0. The molecule has 2 unspecified atom stereocenters. The molecule has 0 saturated carbocycles. The standard InChI is InChI=1S/C17H34N2O/c1-5-17(6-2)13-18-16(9-14(3)4)11-19(17)10-15-7-8-20-12-15/h14-16,18H,5-13H2,1-4H3. The molecule has 2 saturated heterocycles. The second-order valence-electron chi connectivity index (χ2n) is 7.27. The smallest absolute Gasteiger partial charge is 0.0507 e. The van der Waals surface area contributed by atoms with Crippen molar-refractivity contribution in [1.29, 1.82) is 0 Å². The fraction of sp³-hybridized carbons (Fsp3) is 1.00. The summed E-state index contributed by atoms with van der Waals surface area (Å²) in [5, 5.41) is 3.83. The Morgan fingerprint density at radius 2 is 2.05 bits per heavy atom. The molecule has 0 bridgehead atoms. The van der Waals surface area contributed by atoms with Gasteiger partial charge in [0.1, 0.15) is 0 Å². The van der Waals surface area contributed by atoms with E-state index in [0.29, 0.717) is 11.6 Å². The zero-order chi connectivity index (χ0) is 14.6. The van der Waals surface area contributed by atoms with Crippen molar-refractivity contribution in [3.63, 3.8) is 0 Å². The minimum atomic E-state index is 0.371. The highest BCUT2D eigenvalue weighted by Crippen LogP contribution is 2.30. The molecule has 0 spiro atoms. The van der Waals surface area contributed by atoms with Crippen LogP contribution in [0.1, 0.15) is 53.4 Å². The maximum Gasteiger partial charge on any atom is 0.0507 e. The number of piperazine rings is 1. The molecule has 2 aliphatic rings. The lowest BCUT2D eigenvalue weighted by atomic mass is 9.85. The summed E-state index contributed by atoms with van der Waals surface area (Å²) in [5.74, 6) is 1.53. The molecule has 0 amide bonds. The highest BCUT2D eigenvalue weighted by atomic mass is 16.5. The van der Waals surface area contributed by atoms with Crippen LogP contribution in [0.5, 0.6) is 0 Å². The van der Waals surface area contributed by atoms with Crippen molar-refractivity contribution >= 4 is 0 Å². The molecule has 2 fully saturated rings. The van der Waals surface area contributed by atoms with Crippen molar-refractivity contribution in [2.45, 2.75) is 65.0 Å². The molecule has 0 aliphatic carbocycles. The molecule has 1 N–H and O–H groups in total. The summed E-state index contributed by atoms with van der Waals surface area (Å²) in [6.07, 6.45) is 5.04. The van der Waals surface area contributed by atoms with Crippen LogP contribution in [-0.4, -0.2) is 49.3 Å². The van der Waals surface area contributed by atoms with E-state index in [2.05, 4.69) is 37.9 Å². The summed E-state index contributed by atoms with van der Waals surface area (Å²) in [7, 11) is 0. The molecule has 3 nitrogen and oxygen atoms in total. The Kier molecular flexibility index (Phi) is 5.88. The second kappa shape index (κ2) is 7.24. The van der Waals surface area contributed by atoms with Gasteiger partial charge in [-0.15, -0.1) is 0 Å². The van der Waals surface area contributed by atoms with Gasteiger partial charge in [0.2, 0.25) is 0 Å². The first-order valence-electron chi connectivity index (χ1n) is 8.65. The molecule has 0 aromatic carbocycles. The van der Waals surface area contributed by atoms with E-state index in [-0.39, 0.29) is 0 Å². The van der Waals surface area contributed by atoms with Gasteiger partial charge >= 0.3 is 0 Å². The third kappa shape index (κ3) is 3.75. The summed E-state index contributed by atoms with van der Waals surface area (Å²) < 4.78 is 5.58. The van der Waals surface area contributed by atoms with Crippen LogP contribution >= 0.6 is 0 Å². The van der Waals surface area contributed by atoms with Crippen molar-refractivity contribution in [2.24, 2.45) is 11.8 Å². The Morgan fingerprint density at radius 1 is 1.30 bits per heavy atom. The molecule has 0 aromatic heterocycles. The van der Waals surface area contributed by atoms with Gasteiger partial charge in [-0.2, -0.15) is 0 Å². The number of ether oxygens (including phenoxy) is 1. The largest absolute Gasteiger partial charge is 0.381 e. The molecule has 2 atom stereocenters. The van der Waals surface area contributed by atoms with Crippen LogP contribution in [0.4, 0.5) is 0 Å². The fourth-order valence-corrected chi connectivity index (χ4v) is 3.95. The van der Waals surface area contributed by atoms with Gasteiger partial charge in [-0.05, 0) is 37.5 Å². The van der Waals surface area contributed by atoms with Gasteiger partial charge in [-0.3, -0.25) is 4.90 Å². The van der Waals surface area contributed by atoms with Crippen LogP contribution in [0, 0.1) is 11.8 Å². The minimum absolute atomic E-state index is 0.371. The molecule has 3 heteroatoms. The van der Waals surface area contributed by atoms with Crippen molar-refractivity contribution in [3.8, 4) is 0 Å². The number of hydrogen-bond donors (Lipinski definition) is 1. The Hall–Kier alpha value is -0.120. The maximum absolute atomic E-state index is 5.58. The SMILES string of the molecule is CCC1(CC)CNC(CC(C)C)CN1CC1CCOC1. The van der Waals surface area contributed by atoms with Crippen molar-refractivity contribution in [3.05, 3.63) is 0 Å². The highest BCUT2D eigenvalue weighted by Gasteiger charge is 2.40. The summed E-state index contributed by atoms with van der Waals surface area (Å²) in [6, 6.07) is 0.670. The summed E-state index contributed by atoms with van der Waals surface area (Å²) in [6.45, 7) is 14.9. The molecule has 2 aliphatic heterocycles. The number of nitrogens with zero attached hydrogens (tertiary/aromatic N) is 1. The Labute approximate surface area is 125 Å². The molecule has 0 radical (unpaired) electrons. The van der Waals surface area contributed by atoms with Gasteiger partial charge in [-0.1, -0.05) is 27.7 Å². The Bertz CT molecular complexity index is 283. The first kappa shape index (κ1) is 16.3. The van der Waals surface area contributed by atoms with E-state index in [1.807, 2.05) is 0 Å². The predicted molar refractivity (Wildman–Crippen MR) is 85.1 cm³/mol. The molecular weight excluding hydrogens is 248 g/mol. The average Bonchev–Trinajstić information content (AvgIpc) is 2.92. The van der Waals surface area contributed by atoms with Gasteiger partial charge in [0.25, 0.3) is 0 Å². The van der Waals surface area contributed by atoms with Crippen LogP contribution in [-0.2, 0) is 4.74 Å². The molecule has 2 rings (SSSR count). The molecule has 118 valence electrons. The zero-order valence-corrected chi connectivity index (χ0v) is 14.0. The van der Waals surface area contributed by atoms with Gasteiger partial charge in [0.05, 0.1) is 6.61 Å². The lowest BCUT2D eigenvalue weighted by Crippen LogP contribution is -2.65. The first-order chi connectivity index (χ1) is 9.59. The fourth-order valence-electron chi connectivity index (χ4n) is 3.95. The third-order valence-corrected chi connectivity index (χ3v) is 5.41. The molecule has 2 heterocycles. The summed E-state index contributed by atoms with van der Waals surface area (Å²) in [5.41, 5.74) is 0.371. The predicted octanol–water partition coefficient (Wildman–Crippen LogP) is 2.90. The number of nitrogens with one attached hydrogen (secondary N) is 1. The minimum Gasteiger partial charge on any atom is -0.381 e. The monoisotopic (exact) mass is 282 g/mol. The third-order valence-electron chi connectivity index (χ3n) is 5.41. The lowest BCUT2D eigenvalue weighted by Gasteiger charge is -2.51. The maximum atomic E-state index is 5.58. The lowest BCUT2D eigenvalue weighted by molar-refractivity contribution is 0.0137. The van der Waals surface area contributed by atoms with Crippen LogP contribution in [0.15, 0.2) is 0 Å². The van der Waals surface area contributed by atoms with Crippen LogP contribution < -0.4 is 5.32 Å². The van der Waals surface area contributed by atoms with Gasteiger partial charge in [-0.25, -0.2) is 0 Å². The van der Waals surface area contributed by atoms with E-state index < -0.39 is 0 Å². The van der Waals surface area contributed by atoms with Crippen molar-refractivity contribution in [1.82, 2.24) is 10.2 Å². The first-order valence-corrected chi connectivity index (χ1v) is 8.65. The van der Waals surface area contributed by atoms with E-state index in [0.717, 1.165) is 31.6 Å². The van der Waals surface area contributed by atoms with Crippen LogP contribution in [0.3, 0.4) is 0 Å². The van der Waals surface area contributed by atoms with Crippen molar-refractivity contribution < 1.29 is 4.74 Å². The summed E-state index contributed by atoms with van der Waals surface area (Å²) in [4.78, 5) is 2.80. The topological polar surface area (TPSA) is 24.5 Å². The van der Waals surface area contributed by atoms with E-state index in [9.17, 15) is 0 Å². The quantitative estimate of drug-likeness (QED) is 0.811. The number of rotatable bonds is 6. The van der Waals surface area contributed by atoms with E-state index in [4.69, 9.17) is 4.74 Å². The second-order valence-corrected chi connectivity index (χ2v) is 7.27. The van der Waals surface area contributed by atoms with Gasteiger partial charge in [0.15, 0.2) is 0 Å². The van der Waals surface area contributed by atoms with E-state index in [1.165, 1.54) is 38.8 Å². The van der Waals surface area contributed by atoms with Gasteiger partial charge < -0.3 is 10.1 Å². The van der Waals surface area contributed by atoms with E-state index >= 15 is 0 Å².